The fourth-order valence-electron chi connectivity index (χ4n) is 2.29. The van der Waals surface area contributed by atoms with Crippen LogP contribution in [0.5, 0.6) is 0 Å². The number of hydrogen-bond donors (Lipinski definition) is 1. The minimum absolute atomic E-state index is 0.0291. The van der Waals surface area contributed by atoms with Crippen molar-refractivity contribution in [2.45, 2.75) is 32.2 Å². The molecular formula is C13H19ClN4O2. The van der Waals surface area contributed by atoms with Crippen molar-refractivity contribution in [2.75, 3.05) is 18.4 Å². The van der Waals surface area contributed by atoms with Gasteiger partial charge in [-0.3, -0.25) is 9.59 Å². The Kier molecular flexibility index (Phi) is 4.65. The summed E-state index contributed by atoms with van der Waals surface area (Å²) in [5.74, 6) is 0.0291. The molecule has 1 fully saturated rings. The van der Waals surface area contributed by atoms with E-state index in [1.807, 2.05) is 4.90 Å². The Morgan fingerprint density at radius 1 is 1.40 bits per heavy atom. The lowest BCUT2D eigenvalue weighted by molar-refractivity contribution is -0.132. The van der Waals surface area contributed by atoms with Crippen molar-refractivity contribution in [2.24, 2.45) is 7.05 Å². The third-order valence-corrected chi connectivity index (χ3v) is 3.85. The number of nitrogens with zero attached hydrogens (tertiary/aromatic N) is 3. The molecule has 1 N–H and O–H groups in total. The first-order chi connectivity index (χ1) is 9.50. The Bertz CT molecular complexity index is 552. The molecule has 6 nitrogen and oxygen atoms in total. The van der Waals surface area contributed by atoms with Crippen molar-refractivity contribution in [3.05, 3.63) is 21.6 Å². The van der Waals surface area contributed by atoms with E-state index >= 15 is 0 Å². The van der Waals surface area contributed by atoms with Crippen molar-refractivity contribution >= 4 is 23.2 Å². The zero-order valence-corrected chi connectivity index (χ0v) is 12.5. The van der Waals surface area contributed by atoms with Crippen molar-refractivity contribution in [1.29, 1.82) is 0 Å². The predicted octanol–water partition coefficient (Wildman–Crippen LogP) is 1.25. The fourth-order valence-corrected chi connectivity index (χ4v) is 2.52. The molecule has 0 aliphatic carbocycles. The lowest BCUT2D eigenvalue weighted by Crippen LogP contribution is -2.44. The molecule has 0 radical (unpaired) electrons. The Morgan fingerprint density at radius 2 is 2.05 bits per heavy atom. The third kappa shape index (κ3) is 3.12. The second-order valence-corrected chi connectivity index (χ2v) is 5.43. The molecule has 20 heavy (non-hydrogen) atoms. The lowest BCUT2D eigenvalue weighted by atomic mass is 10.1. The monoisotopic (exact) mass is 298 g/mol. The number of carbonyl (C=O) groups is 1. The summed E-state index contributed by atoms with van der Waals surface area (Å²) in [4.78, 5) is 25.8. The molecule has 1 atom stereocenters. The number of nitrogens with one attached hydrogen (secondary N) is 1. The van der Waals surface area contributed by atoms with Crippen LogP contribution in [0.4, 0.5) is 5.69 Å². The predicted molar refractivity (Wildman–Crippen MR) is 78.0 cm³/mol. The lowest BCUT2D eigenvalue weighted by Gasteiger charge is -2.29. The third-order valence-electron chi connectivity index (χ3n) is 3.49. The summed E-state index contributed by atoms with van der Waals surface area (Å²) in [7, 11) is 1.53. The molecular weight excluding hydrogens is 280 g/mol. The van der Waals surface area contributed by atoms with Crippen molar-refractivity contribution in [1.82, 2.24) is 14.7 Å². The van der Waals surface area contributed by atoms with Crippen LogP contribution in [0.1, 0.15) is 26.2 Å². The summed E-state index contributed by atoms with van der Waals surface area (Å²) in [6.45, 7) is 3.37. The number of amides is 1. The number of anilines is 1. The number of aryl methyl sites for hydroxylation is 1. The molecule has 110 valence electrons. The minimum atomic E-state index is -0.431. The van der Waals surface area contributed by atoms with Crippen molar-refractivity contribution in [3.8, 4) is 0 Å². The molecule has 1 aliphatic heterocycles. The topological polar surface area (TPSA) is 67.2 Å². The van der Waals surface area contributed by atoms with E-state index in [1.165, 1.54) is 19.7 Å². The average molecular weight is 299 g/mol. The van der Waals surface area contributed by atoms with Crippen LogP contribution in [0.25, 0.3) is 0 Å². The normalized spacial score (nSPS) is 16.9. The average Bonchev–Trinajstić information content (AvgIpc) is 2.48. The van der Waals surface area contributed by atoms with Crippen molar-refractivity contribution < 1.29 is 4.79 Å². The van der Waals surface area contributed by atoms with Crippen LogP contribution in [0, 0.1) is 0 Å². The molecule has 0 spiro atoms. The molecule has 1 aliphatic rings. The first-order valence-corrected chi connectivity index (χ1v) is 7.15. The van der Waals surface area contributed by atoms with Crippen LogP contribution in [0.2, 0.25) is 5.02 Å². The van der Waals surface area contributed by atoms with E-state index < -0.39 is 6.04 Å². The molecule has 2 heterocycles. The summed E-state index contributed by atoms with van der Waals surface area (Å²) in [6.07, 6.45) is 4.74. The first kappa shape index (κ1) is 14.8. The van der Waals surface area contributed by atoms with Gasteiger partial charge < -0.3 is 10.2 Å². The summed E-state index contributed by atoms with van der Waals surface area (Å²) in [6, 6.07) is -0.431. The number of likely N-dealkylation sites (tertiary alicyclic amines) is 1. The van der Waals surface area contributed by atoms with Crippen molar-refractivity contribution in [3.63, 3.8) is 0 Å². The highest BCUT2D eigenvalue weighted by Crippen LogP contribution is 2.17. The van der Waals surface area contributed by atoms with Gasteiger partial charge in [0.25, 0.3) is 5.56 Å². The van der Waals surface area contributed by atoms with Gasteiger partial charge in [0.2, 0.25) is 5.91 Å². The largest absolute Gasteiger partial charge is 0.371 e. The Balaban J connectivity index is 2.07. The quantitative estimate of drug-likeness (QED) is 0.912. The van der Waals surface area contributed by atoms with Gasteiger partial charge in [0.1, 0.15) is 11.1 Å². The van der Waals surface area contributed by atoms with Gasteiger partial charge in [-0.2, -0.15) is 5.10 Å². The SMILES string of the molecule is CC(Nc1cnn(C)c(=O)c1Cl)C(=O)N1CCCCC1. The highest BCUT2D eigenvalue weighted by Gasteiger charge is 2.23. The van der Waals surface area contributed by atoms with Gasteiger partial charge in [0.05, 0.1) is 11.9 Å². The van der Waals surface area contributed by atoms with E-state index in [9.17, 15) is 9.59 Å². The second-order valence-electron chi connectivity index (χ2n) is 5.05. The number of piperidine rings is 1. The smallest absolute Gasteiger partial charge is 0.287 e. The number of halogens is 1. The molecule has 1 saturated heterocycles. The maximum Gasteiger partial charge on any atom is 0.287 e. The van der Waals surface area contributed by atoms with Crippen LogP contribution >= 0.6 is 11.6 Å². The Labute approximate surface area is 122 Å². The summed E-state index contributed by atoms with van der Waals surface area (Å²) in [5, 5.41) is 6.93. The van der Waals surface area contributed by atoms with E-state index in [-0.39, 0.29) is 16.5 Å². The molecule has 1 unspecified atom stereocenters. The number of carbonyl (C=O) groups excluding carboxylic acids is 1. The summed E-state index contributed by atoms with van der Waals surface area (Å²) < 4.78 is 1.16. The van der Waals surface area contributed by atoms with E-state index in [4.69, 9.17) is 11.6 Å². The molecule has 1 aromatic rings. The van der Waals surface area contributed by atoms with Crippen LogP contribution in [-0.4, -0.2) is 39.7 Å². The molecule has 0 aromatic carbocycles. The molecule has 0 bridgehead atoms. The van der Waals surface area contributed by atoms with E-state index in [1.54, 1.807) is 6.92 Å². The van der Waals surface area contributed by atoms with Crippen LogP contribution < -0.4 is 10.9 Å². The van der Waals surface area contributed by atoms with Gasteiger partial charge in [-0.25, -0.2) is 4.68 Å². The maximum absolute atomic E-state index is 12.3. The zero-order valence-electron chi connectivity index (χ0n) is 11.7. The van der Waals surface area contributed by atoms with Gasteiger partial charge in [-0.15, -0.1) is 0 Å². The van der Waals surface area contributed by atoms with Crippen LogP contribution in [-0.2, 0) is 11.8 Å². The standard InChI is InChI=1S/C13H19ClN4O2/c1-9(12(19)18-6-4-3-5-7-18)16-10-8-15-17(2)13(20)11(10)14/h8-9,16H,3-7H2,1-2H3. The fraction of sp³-hybridized carbons (Fsp3) is 0.615. The molecule has 7 heteroatoms. The van der Waals surface area contributed by atoms with E-state index in [0.29, 0.717) is 5.69 Å². The maximum atomic E-state index is 12.3. The van der Waals surface area contributed by atoms with Crippen LogP contribution in [0.15, 0.2) is 11.0 Å². The number of aromatic nitrogens is 2. The highest BCUT2D eigenvalue weighted by molar-refractivity contribution is 6.33. The highest BCUT2D eigenvalue weighted by atomic mass is 35.5. The number of rotatable bonds is 3. The van der Waals surface area contributed by atoms with E-state index in [2.05, 4.69) is 10.4 Å². The van der Waals surface area contributed by atoms with Gasteiger partial charge in [-0.05, 0) is 26.2 Å². The zero-order chi connectivity index (χ0) is 14.7. The van der Waals surface area contributed by atoms with Gasteiger partial charge in [0, 0.05) is 20.1 Å². The second kappa shape index (κ2) is 6.26. The van der Waals surface area contributed by atoms with Gasteiger partial charge >= 0.3 is 0 Å². The van der Waals surface area contributed by atoms with E-state index in [0.717, 1.165) is 30.6 Å². The van der Waals surface area contributed by atoms with Gasteiger partial charge in [0.15, 0.2) is 0 Å². The Hall–Kier alpha value is -1.56. The summed E-state index contributed by atoms with van der Waals surface area (Å²) in [5.41, 5.74) is 0.0157. The summed E-state index contributed by atoms with van der Waals surface area (Å²) >= 11 is 5.97. The van der Waals surface area contributed by atoms with Gasteiger partial charge in [-0.1, -0.05) is 11.6 Å². The van der Waals surface area contributed by atoms with Crippen LogP contribution in [0.3, 0.4) is 0 Å². The molecule has 1 amide bonds. The molecule has 0 saturated carbocycles. The number of hydrogen-bond acceptors (Lipinski definition) is 4. The molecule has 2 rings (SSSR count). The molecule has 1 aromatic heterocycles. The Morgan fingerprint density at radius 3 is 2.70 bits per heavy atom. The first-order valence-electron chi connectivity index (χ1n) is 6.78. The minimum Gasteiger partial charge on any atom is -0.371 e.